The van der Waals surface area contributed by atoms with Crippen LogP contribution in [0.2, 0.25) is 0 Å². The van der Waals surface area contributed by atoms with Gasteiger partial charge >= 0.3 is 0 Å². The molecule has 3 nitrogen and oxygen atoms in total. The minimum Gasteiger partial charge on any atom is -0.507 e. The smallest absolute Gasteiger partial charge is 0.289 e. The van der Waals surface area contributed by atoms with Crippen LogP contribution in [0.1, 0.15) is 0 Å². The first kappa shape index (κ1) is 14.3. The summed E-state index contributed by atoms with van der Waals surface area (Å²) in [6.45, 7) is 0. The number of H-pyrrole nitrogens is 2. The fourth-order valence-corrected chi connectivity index (χ4v) is 2.87. The monoisotopic (exact) mass is 313 g/mol. The maximum Gasteiger partial charge on any atom is 0.289 e. The lowest BCUT2D eigenvalue weighted by Gasteiger charge is -1.98. The number of hydrogen-bond acceptors (Lipinski definition) is 1. The topological polar surface area (TPSA) is 50.2 Å². The first-order valence-corrected chi connectivity index (χ1v) is 7.87. The molecule has 0 fully saturated rings. The standard InChI is InChI=1S/C21H16N2O/c24-18-14-8-7-13-17(18)21-22-19(15-9-3-1-4-10-15)20(23-21)16-11-5-2-6-12-16/h1-14,24H,(H,22,23)/p+1. The average Bonchev–Trinajstić information content (AvgIpc) is 3.09. The van der Waals surface area contributed by atoms with E-state index in [2.05, 4.69) is 34.2 Å². The summed E-state index contributed by atoms with van der Waals surface area (Å²) in [5.41, 5.74) is 4.93. The molecule has 3 heteroatoms. The quantitative estimate of drug-likeness (QED) is 0.573. The molecule has 0 aliphatic heterocycles. The van der Waals surface area contributed by atoms with E-state index >= 15 is 0 Å². The normalized spacial score (nSPS) is 10.7. The predicted octanol–water partition coefficient (Wildman–Crippen LogP) is 4.54. The zero-order valence-electron chi connectivity index (χ0n) is 13.0. The number of phenols is 1. The minimum absolute atomic E-state index is 0.245. The van der Waals surface area contributed by atoms with Crippen molar-refractivity contribution in [1.82, 2.24) is 4.98 Å². The summed E-state index contributed by atoms with van der Waals surface area (Å²) in [5, 5.41) is 10.2. The Hall–Kier alpha value is -3.33. The van der Waals surface area contributed by atoms with E-state index in [1.54, 1.807) is 6.07 Å². The maximum atomic E-state index is 10.2. The van der Waals surface area contributed by atoms with Crippen molar-refractivity contribution in [3.8, 4) is 39.7 Å². The highest BCUT2D eigenvalue weighted by Gasteiger charge is 2.22. The molecule has 0 unspecified atom stereocenters. The summed E-state index contributed by atoms with van der Waals surface area (Å²) in [6, 6.07) is 27.7. The van der Waals surface area contributed by atoms with Crippen molar-refractivity contribution >= 4 is 0 Å². The molecule has 0 amide bonds. The molecule has 4 aromatic rings. The number of rotatable bonds is 3. The molecule has 0 spiro atoms. The van der Waals surface area contributed by atoms with Crippen molar-refractivity contribution in [3.63, 3.8) is 0 Å². The minimum atomic E-state index is 0.245. The van der Waals surface area contributed by atoms with Crippen LogP contribution >= 0.6 is 0 Å². The third-order valence-corrected chi connectivity index (χ3v) is 4.05. The van der Waals surface area contributed by atoms with E-state index in [0.29, 0.717) is 0 Å². The molecule has 0 bridgehead atoms. The van der Waals surface area contributed by atoms with Crippen LogP contribution in [0.5, 0.6) is 5.75 Å². The molecular formula is C21H17N2O+. The van der Waals surface area contributed by atoms with Crippen LogP contribution in [0.4, 0.5) is 0 Å². The highest BCUT2D eigenvalue weighted by atomic mass is 16.3. The largest absolute Gasteiger partial charge is 0.507 e. The Bertz CT molecular complexity index is 903. The second-order valence-corrected chi connectivity index (χ2v) is 5.62. The van der Waals surface area contributed by atoms with Gasteiger partial charge in [-0.25, -0.2) is 9.97 Å². The molecular weight excluding hydrogens is 296 g/mol. The van der Waals surface area contributed by atoms with E-state index in [9.17, 15) is 5.11 Å². The van der Waals surface area contributed by atoms with Gasteiger partial charge in [0.25, 0.3) is 5.82 Å². The second kappa shape index (κ2) is 6.05. The molecule has 1 aromatic heterocycles. The van der Waals surface area contributed by atoms with Crippen molar-refractivity contribution in [2.24, 2.45) is 0 Å². The SMILES string of the molecule is Oc1ccccc1-c1[nH]c(-c2ccccc2)c(-c2ccccc2)[nH+]1. The molecule has 24 heavy (non-hydrogen) atoms. The number of benzene rings is 3. The Morgan fingerprint density at radius 1 is 0.667 bits per heavy atom. The number of para-hydroxylation sites is 1. The maximum absolute atomic E-state index is 10.2. The van der Waals surface area contributed by atoms with E-state index in [4.69, 9.17) is 0 Å². The van der Waals surface area contributed by atoms with Gasteiger partial charge in [-0.15, -0.1) is 0 Å². The van der Waals surface area contributed by atoms with Gasteiger partial charge in [0.2, 0.25) is 0 Å². The van der Waals surface area contributed by atoms with Crippen molar-refractivity contribution in [2.75, 3.05) is 0 Å². The second-order valence-electron chi connectivity index (χ2n) is 5.62. The van der Waals surface area contributed by atoms with Gasteiger partial charge in [0.05, 0.1) is 0 Å². The molecule has 3 aromatic carbocycles. The predicted molar refractivity (Wildman–Crippen MR) is 95.3 cm³/mol. The molecule has 0 aliphatic rings. The molecule has 4 rings (SSSR count). The number of imidazole rings is 1. The fraction of sp³-hybridized carbons (Fsp3) is 0. The van der Waals surface area contributed by atoms with E-state index in [1.807, 2.05) is 54.6 Å². The van der Waals surface area contributed by atoms with Gasteiger partial charge in [-0.2, -0.15) is 0 Å². The van der Waals surface area contributed by atoms with E-state index in [1.165, 1.54) is 0 Å². The lowest BCUT2D eigenvalue weighted by Crippen LogP contribution is -2.05. The van der Waals surface area contributed by atoms with Gasteiger partial charge in [-0.3, -0.25) is 0 Å². The number of aromatic nitrogens is 2. The summed E-state index contributed by atoms with van der Waals surface area (Å²) >= 11 is 0. The van der Waals surface area contributed by atoms with Crippen LogP contribution in [0.3, 0.4) is 0 Å². The van der Waals surface area contributed by atoms with E-state index < -0.39 is 0 Å². The summed E-state index contributed by atoms with van der Waals surface area (Å²) in [6.07, 6.45) is 0. The average molecular weight is 313 g/mol. The Labute approximate surface area is 140 Å². The van der Waals surface area contributed by atoms with Crippen molar-refractivity contribution in [2.45, 2.75) is 0 Å². The molecule has 0 saturated heterocycles. The molecule has 3 N–H and O–H groups in total. The Morgan fingerprint density at radius 3 is 1.92 bits per heavy atom. The van der Waals surface area contributed by atoms with Crippen LogP contribution in [0.15, 0.2) is 84.9 Å². The van der Waals surface area contributed by atoms with E-state index in [0.717, 1.165) is 33.9 Å². The van der Waals surface area contributed by atoms with Gasteiger partial charge in [0.15, 0.2) is 11.4 Å². The molecule has 0 atom stereocenters. The lowest BCUT2D eigenvalue weighted by molar-refractivity contribution is -0.349. The van der Waals surface area contributed by atoms with E-state index in [-0.39, 0.29) is 5.75 Å². The van der Waals surface area contributed by atoms with Crippen LogP contribution < -0.4 is 4.98 Å². The van der Waals surface area contributed by atoms with Crippen molar-refractivity contribution in [1.29, 1.82) is 0 Å². The summed E-state index contributed by atoms with van der Waals surface area (Å²) in [4.78, 5) is 6.88. The first-order chi connectivity index (χ1) is 11.8. The van der Waals surface area contributed by atoms with Gasteiger partial charge in [0, 0.05) is 11.1 Å². The van der Waals surface area contributed by atoms with Crippen LogP contribution in [-0.2, 0) is 0 Å². The number of phenolic OH excluding ortho intramolecular Hbond substituents is 1. The lowest BCUT2D eigenvalue weighted by atomic mass is 10.1. The molecule has 0 aliphatic carbocycles. The van der Waals surface area contributed by atoms with Gasteiger partial charge < -0.3 is 5.11 Å². The molecule has 116 valence electrons. The highest BCUT2D eigenvalue weighted by Crippen LogP contribution is 2.32. The van der Waals surface area contributed by atoms with Gasteiger partial charge in [0.1, 0.15) is 11.3 Å². The number of hydrogen-bond donors (Lipinski definition) is 2. The van der Waals surface area contributed by atoms with Crippen LogP contribution in [0.25, 0.3) is 33.9 Å². The summed E-state index contributed by atoms with van der Waals surface area (Å²) in [7, 11) is 0. The summed E-state index contributed by atoms with van der Waals surface area (Å²) < 4.78 is 0. The zero-order chi connectivity index (χ0) is 16.4. The third-order valence-electron chi connectivity index (χ3n) is 4.05. The van der Waals surface area contributed by atoms with Crippen LogP contribution in [0, 0.1) is 0 Å². The van der Waals surface area contributed by atoms with Gasteiger partial charge in [-0.1, -0.05) is 72.8 Å². The zero-order valence-corrected chi connectivity index (χ0v) is 13.0. The first-order valence-electron chi connectivity index (χ1n) is 7.87. The highest BCUT2D eigenvalue weighted by molar-refractivity contribution is 5.78. The number of aromatic amines is 2. The third kappa shape index (κ3) is 2.57. The number of nitrogens with one attached hydrogen (secondary N) is 2. The molecule has 1 heterocycles. The van der Waals surface area contributed by atoms with Gasteiger partial charge in [-0.05, 0) is 12.1 Å². The van der Waals surface area contributed by atoms with Crippen LogP contribution in [-0.4, -0.2) is 10.1 Å². The Balaban J connectivity index is 1.94. The summed E-state index contributed by atoms with van der Waals surface area (Å²) in [5.74, 6) is 1.03. The van der Waals surface area contributed by atoms with Crippen molar-refractivity contribution < 1.29 is 10.1 Å². The Morgan fingerprint density at radius 2 is 1.25 bits per heavy atom. The Kier molecular flexibility index (Phi) is 3.60. The molecule has 0 radical (unpaired) electrons. The number of aromatic hydroxyl groups is 1. The fourth-order valence-electron chi connectivity index (χ4n) is 2.87. The molecule has 0 saturated carbocycles. The van der Waals surface area contributed by atoms with Crippen molar-refractivity contribution in [3.05, 3.63) is 84.9 Å².